The van der Waals surface area contributed by atoms with Crippen molar-refractivity contribution in [3.63, 3.8) is 0 Å². The van der Waals surface area contributed by atoms with Crippen molar-refractivity contribution in [3.05, 3.63) is 59.2 Å². The van der Waals surface area contributed by atoms with E-state index in [9.17, 15) is 26.4 Å². The predicted octanol–water partition coefficient (Wildman–Crippen LogP) is 4.51. The highest BCUT2D eigenvalue weighted by Gasteiger charge is 2.36. The van der Waals surface area contributed by atoms with Crippen molar-refractivity contribution in [1.29, 1.82) is 0 Å². The first-order valence-electron chi connectivity index (χ1n) is 8.90. The van der Waals surface area contributed by atoms with Gasteiger partial charge in [-0.25, -0.2) is 8.42 Å². The fourth-order valence-corrected chi connectivity index (χ4v) is 4.31. The Labute approximate surface area is 168 Å². The number of para-hydroxylation sites is 1. The Bertz CT molecular complexity index is 1000. The summed E-state index contributed by atoms with van der Waals surface area (Å²) < 4.78 is 65.8. The first-order chi connectivity index (χ1) is 13.4. The van der Waals surface area contributed by atoms with Crippen LogP contribution < -0.4 is 9.62 Å². The molecule has 5 nitrogen and oxygen atoms in total. The van der Waals surface area contributed by atoms with E-state index in [1.807, 2.05) is 0 Å². The average molecular weight is 428 g/mol. The quantitative estimate of drug-likeness (QED) is 0.737. The molecule has 0 heterocycles. The summed E-state index contributed by atoms with van der Waals surface area (Å²) in [4.78, 5) is 12.9. The number of rotatable bonds is 6. The number of hydrogen-bond donors (Lipinski definition) is 1. The number of carbonyl (C=O) groups is 1. The molecule has 0 radical (unpaired) electrons. The Kier molecular flexibility index (Phi) is 6.62. The van der Waals surface area contributed by atoms with Gasteiger partial charge in [-0.3, -0.25) is 9.10 Å². The van der Waals surface area contributed by atoms with Gasteiger partial charge in [-0.05, 0) is 49.6 Å². The van der Waals surface area contributed by atoms with E-state index in [1.165, 1.54) is 12.1 Å². The van der Waals surface area contributed by atoms with Crippen LogP contribution in [0.3, 0.4) is 0 Å². The molecule has 2 aromatic rings. The second-order valence-electron chi connectivity index (χ2n) is 6.81. The van der Waals surface area contributed by atoms with Crippen LogP contribution in [0.1, 0.15) is 30.0 Å². The molecule has 1 atom stereocenters. The first kappa shape index (κ1) is 22.7. The molecule has 29 heavy (non-hydrogen) atoms. The van der Waals surface area contributed by atoms with Crippen molar-refractivity contribution in [2.45, 2.75) is 39.4 Å². The molecule has 2 aromatic carbocycles. The summed E-state index contributed by atoms with van der Waals surface area (Å²) in [6.07, 6.45) is -3.62. The number of alkyl halides is 3. The largest absolute Gasteiger partial charge is 0.418 e. The van der Waals surface area contributed by atoms with Crippen LogP contribution in [0, 0.1) is 13.8 Å². The Morgan fingerprint density at radius 3 is 2.31 bits per heavy atom. The molecule has 0 aliphatic heterocycles. The predicted molar refractivity (Wildman–Crippen MR) is 107 cm³/mol. The number of amides is 1. The minimum Gasteiger partial charge on any atom is -0.324 e. The summed E-state index contributed by atoms with van der Waals surface area (Å²) in [7, 11) is -3.89. The van der Waals surface area contributed by atoms with Crippen LogP contribution in [0.5, 0.6) is 0 Å². The van der Waals surface area contributed by atoms with Gasteiger partial charge in [-0.15, -0.1) is 0 Å². The van der Waals surface area contributed by atoms with Crippen LogP contribution in [0.15, 0.2) is 42.5 Å². The normalized spacial score (nSPS) is 13.1. The maximum atomic E-state index is 13.2. The summed E-state index contributed by atoms with van der Waals surface area (Å²) in [6, 6.07) is 8.53. The van der Waals surface area contributed by atoms with Crippen molar-refractivity contribution in [3.8, 4) is 0 Å². The van der Waals surface area contributed by atoms with Gasteiger partial charge < -0.3 is 5.32 Å². The number of anilines is 2. The number of benzene rings is 2. The molecule has 158 valence electrons. The fraction of sp³-hybridized carbons (Fsp3) is 0.350. The van der Waals surface area contributed by atoms with E-state index in [0.29, 0.717) is 11.3 Å². The highest BCUT2D eigenvalue weighted by molar-refractivity contribution is 7.92. The highest BCUT2D eigenvalue weighted by Crippen LogP contribution is 2.35. The van der Waals surface area contributed by atoms with Crippen molar-refractivity contribution < 1.29 is 26.4 Å². The van der Waals surface area contributed by atoms with Gasteiger partial charge in [0, 0.05) is 0 Å². The highest BCUT2D eigenvalue weighted by atomic mass is 32.2. The zero-order valence-corrected chi connectivity index (χ0v) is 17.4. The van der Waals surface area contributed by atoms with Gasteiger partial charge in [0.05, 0.1) is 23.2 Å². The van der Waals surface area contributed by atoms with Gasteiger partial charge in [-0.1, -0.05) is 31.2 Å². The molecular formula is C20H23F3N2O3S. The topological polar surface area (TPSA) is 66.5 Å². The molecule has 0 spiro atoms. The third-order valence-electron chi connectivity index (χ3n) is 4.42. The lowest BCUT2D eigenvalue weighted by atomic mass is 10.1. The number of nitrogens with zero attached hydrogens (tertiary/aromatic N) is 1. The van der Waals surface area contributed by atoms with Crippen molar-refractivity contribution in [1.82, 2.24) is 0 Å². The summed E-state index contributed by atoms with van der Waals surface area (Å²) in [5, 5.41) is 2.26. The monoisotopic (exact) mass is 428 g/mol. The molecule has 9 heteroatoms. The number of carbonyl (C=O) groups excluding carboxylic acids is 1. The van der Waals surface area contributed by atoms with E-state index in [2.05, 4.69) is 5.32 Å². The van der Waals surface area contributed by atoms with Crippen LogP contribution >= 0.6 is 0 Å². The molecule has 1 amide bonds. The average Bonchev–Trinajstić information content (AvgIpc) is 2.60. The van der Waals surface area contributed by atoms with Crippen LogP contribution in [-0.4, -0.2) is 26.6 Å². The zero-order chi connectivity index (χ0) is 22.0. The van der Waals surface area contributed by atoms with Crippen LogP contribution in [0.4, 0.5) is 24.5 Å². The summed E-state index contributed by atoms with van der Waals surface area (Å²) in [5.41, 5.74) is 0.317. The van der Waals surface area contributed by atoms with E-state index in [4.69, 9.17) is 0 Å². The van der Waals surface area contributed by atoms with Gasteiger partial charge in [0.2, 0.25) is 15.9 Å². The Morgan fingerprint density at radius 1 is 1.14 bits per heavy atom. The Balaban J connectivity index is 2.50. The molecule has 0 aromatic heterocycles. The minimum absolute atomic E-state index is 0.0699. The summed E-state index contributed by atoms with van der Waals surface area (Å²) >= 11 is 0. The first-order valence-corrected chi connectivity index (χ1v) is 10.7. The van der Waals surface area contributed by atoms with Gasteiger partial charge in [0.1, 0.15) is 6.04 Å². The summed E-state index contributed by atoms with van der Waals surface area (Å²) in [6.45, 7) is 5.09. The Hall–Kier alpha value is -2.55. The van der Waals surface area contributed by atoms with Crippen molar-refractivity contribution >= 4 is 27.3 Å². The van der Waals surface area contributed by atoms with Crippen LogP contribution in [0.2, 0.25) is 0 Å². The lowest BCUT2D eigenvalue weighted by Gasteiger charge is -2.31. The molecule has 0 aliphatic carbocycles. The lowest BCUT2D eigenvalue weighted by Crippen LogP contribution is -2.47. The Morgan fingerprint density at radius 2 is 1.76 bits per heavy atom. The molecule has 1 N–H and O–H groups in total. The molecule has 0 fully saturated rings. The standard InChI is InChI=1S/C20H23F3N2O3S/c1-5-17(19(26)24-16-9-7-6-8-15(16)20(21,22)23)25(29(4,27)28)18-12-13(2)10-11-14(18)3/h6-12,17H,5H2,1-4H3,(H,24,26)/t17-/m1/s1. The second kappa shape index (κ2) is 8.44. The van der Waals surface area contributed by atoms with Crippen molar-refractivity contribution in [2.75, 3.05) is 15.9 Å². The second-order valence-corrected chi connectivity index (χ2v) is 8.66. The molecule has 0 aliphatic rings. The molecule has 0 saturated heterocycles. The van der Waals surface area contributed by atoms with E-state index in [0.717, 1.165) is 28.3 Å². The number of hydrogen-bond acceptors (Lipinski definition) is 3. The number of halogens is 3. The van der Waals surface area contributed by atoms with E-state index >= 15 is 0 Å². The smallest absolute Gasteiger partial charge is 0.324 e. The lowest BCUT2D eigenvalue weighted by molar-refractivity contribution is -0.137. The number of nitrogens with one attached hydrogen (secondary N) is 1. The third kappa shape index (κ3) is 5.29. The van der Waals surface area contributed by atoms with Gasteiger partial charge in [0.25, 0.3) is 0 Å². The molecule has 2 rings (SSSR count). The fourth-order valence-electron chi connectivity index (χ4n) is 3.05. The van der Waals surface area contributed by atoms with Gasteiger partial charge >= 0.3 is 6.18 Å². The van der Waals surface area contributed by atoms with E-state index in [1.54, 1.807) is 39.0 Å². The van der Waals surface area contributed by atoms with Gasteiger partial charge in [0.15, 0.2) is 0 Å². The SMILES string of the molecule is CC[C@H](C(=O)Nc1ccccc1C(F)(F)F)N(c1cc(C)ccc1C)S(C)(=O)=O. The van der Waals surface area contributed by atoms with Gasteiger partial charge in [-0.2, -0.15) is 13.2 Å². The number of aryl methyl sites for hydroxylation is 2. The minimum atomic E-state index is -4.66. The van der Waals surface area contributed by atoms with E-state index in [-0.39, 0.29) is 6.42 Å². The van der Waals surface area contributed by atoms with Crippen LogP contribution in [-0.2, 0) is 21.0 Å². The zero-order valence-electron chi connectivity index (χ0n) is 16.5. The number of sulfonamides is 1. The maximum Gasteiger partial charge on any atom is 0.418 e. The molecule has 0 bridgehead atoms. The van der Waals surface area contributed by atoms with Crippen LogP contribution in [0.25, 0.3) is 0 Å². The molecular weight excluding hydrogens is 405 g/mol. The van der Waals surface area contributed by atoms with E-state index < -0.39 is 39.4 Å². The maximum absolute atomic E-state index is 13.2. The molecule has 0 unspecified atom stereocenters. The summed E-state index contributed by atoms with van der Waals surface area (Å²) in [5.74, 6) is -0.837. The molecule has 0 saturated carbocycles. The third-order valence-corrected chi connectivity index (χ3v) is 5.59. The van der Waals surface area contributed by atoms with Crippen molar-refractivity contribution in [2.24, 2.45) is 0 Å².